The molecule has 16 heavy (non-hydrogen) atoms. The Balaban J connectivity index is 1.79. The Morgan fingerprint density at radius 1 is 1.56 bits per heavy atom. The molecule has 2 rings (SSSR count). The summed E-state index contributed by atoms with van der Waals surface area (Å²) in [5, 5.41) is 4.80. The number of thioether (sulfide) groups is 1. The first-order valence-electron chi connectivity index (χ1n) is 5.76. The van der Waals surface area contributed by atoms with E-state index in [1.165, 1.54) is 12.8 Å². The Kier molecular flexibility index (Phi) is 3.42. The van der Waals surface area contributed by atoms with Crippen LogP contribution in [0.4, 0.5) is 0 Å². The van der Waals surface area contributed by atoms with Gasteiger partial charge in [0.05, 0.1) is 6.54 Å². The van der Waals surface area contributed by atoms with E-state index in [-0.39, 0.29) is 11.9 Å². The van der Waals surface area contributed by atoms with Crippen molar-refractivity contribution in [2.75, 3.05) is 20.6 Å². The maximum absolute atomic E-state index is 11.7. The lowest BCUT2D eigenvalue weighted by molar-refractivity contribution is -0.130. The van der Waals surface area contributed by atoms with Gasteiger partial charge in [-0.25, -0.2) is 0 Å². The van der Waals surface area contributed by atoms with Gasteiger partial charge in [0.15, 0.2) is 5.17 Å². The summed E-state index contributed by atoms with van der Waals surface area (Å²) in [7, 11) is 3.55. The number of amidine groups is 1. The second kappa shape index (κ2) is 4.65. The van der Waals surface area contributed by atoms with Gasteiger partial charge in [0.2, 0.25) is 5.91 Å². The average Bonchev–Trinajstić information content (AvgIpc) is 2.99. The molecule has 0 aromatic heterocycles. The Morgan fingerprint density at radius 3 is 2.81 bits per heavy atom. The van der Waals surface area contributed by atoms with E-state index in [0.717, 1.165) is 17.6 Å². The van der Waals surface area contributed by atoms with Crippen LogP contribution in [0.5, 0.6) is 0 Å². The molecule has 0 spiro atoms. The van der Waals surface area contributed by atoms with Gasteiger partial charge in [-0.05, 0) is 25.7 Å². The minimum atomic E-state index is -0.181. The lowest BCUT2D eigenvalue weighted by Gasteiger charge is -2.18. The minimum absolute atomic E-state index is 0.0955. The molecule has 0 saturated heterocycles. The van der Waals surface area contributed by atoms with Gasteiger partial charge in [0.1, 0.15) is 6.04 Å². The standard InChI is InChI=1S/C11H19N3OS/c1-7(10(15)14(2)3)13-11-12-6-9(16-11)8-4-5-8/h7-9H,4-6H2,1-3H3,(H,12,13). The zero-order valence-electron chi connectivity index (χ0n) is 10.1. The molecule has 2 aliphatic rings. The first-order valence-corrected chi connectivity index (χ1v) is 6.64. The van der Waals surface area contributed by atoms with Crippen LogP contribution >= 0.6 is 11.8 Å². The summed E-state index contributed by atoms with van der Waals surface area (Å²) in [5.41, 5.74) is 0. The summed E-state index contributed by atoms with van der Waals surface area (Å²) in [6, 6.07) is -0.181. The first kappa shape index (κ1) is 11.8. The lowest BCUT2D eigenvalue weighted by atomic mass is 10.3. The van der Waals surface area contributed by atoms with Crippen LogP contribution in [-0.2, 0) is 4.79 Å². The summed E-state index contributed by atoms with van der Waals surface area (Å²) < 4.78 is 0. The quantitative estimate of drug-likeness (QED) is 0.799. The number of nitrogens with one attached hydrogen (secondary N) is 1. The molecule has 1 aliphatic heterocycles. The van der Waals surface area contributed by atoms with Gasteiger partial charge in [-0.2, -0.15) is 0 Å². The number of carbonyl (C=O) groups is 1. The fourth-order valence-corrected chi connectivity index (χ4v) is 3.11. The highest BCUT2D eigenvalue weighted by Gasteiger charge is 2.35. The van der Waals surface area contributed by atoms with Crippen LogP contribution < -0.4 is 5.32 Å². The third-order valence-electron chi connectivity index (χ3n) is 2.98. The van der Waals surface area contributed by atoms with Gasteiger partial charge >= 0.3 is 0 Å². The molecule has 0 aromatic rings. The minimum Gasteiger partial charge on any atom is -0.353 e. The molecule has 1 aliphatic carbocycles. The summed E-state index contributed by atoms with van der Waals surface area (Å²) in [6.07, 6.45) is 2.71. The van der Waals surface area contributed by atoms with Crippen LogP contribution in [0.2, 0.25) is 0 Å². The highest BCUT2D eigenvalue weighted by atomic mass is 32.2. The van der Waals surface area contributed by atoms with Crippen molar-refractivity contribution in [1.82, 2.24) is 10.2 Å². The van der Waals surface area contributed by atoms with E-state index in [1.807, 2.05) is 6.92 Å². The predicted octanol–water partition coefficient (Wildman–Crippen LogP) is 0.934. The Hall–Kier alpha value is -0.710. The average molecular weight is 241 g/mol. The molecule has 0 aromatic carbocycles. The second-order valence-corrected chi connectivity index (χ2v) is 5.97. The number of aliphatic imine (C=N–C) groups is 1. The van der Waals surface area contributed by atoms with E-state index in [4.69, 9.17) is 0 Å². The topological polar surface area (TPSA) is 44.7 Å². The molecule has 5 heteroatoms. The number of nitrogens with zero attached hydrogens (tertiary/aromatic N) is 2. The van der Waals surface area contributed by atoms with Crippen LogP contribution in [-0.4, -0.2) is 47.9 Å². The first-order chi connectivity index (χ1) is 7.58. The van der Waals surface area contributed by atoms with Crippen molar-refractivity contribution in [1.29, 1.82) is 0 Å². The number of likely N-dealkylation sites (N-methyl/N-ethyl adjacent to an activating group) is 1. The molecule has 1 N–H and O–H groups in total. The molecule has 4 nitrogen and oxygen atoms in total. The zero-order valence-corrected chi connectivity index (χ0v) is 10.9. The van der Waals surface area contributed by atoms with Crippen molar-refractivity contribution >= 4 is 22.8 Å². The van der Waals surface area contributed by atoms with Crippen LogP contribution in [0.25, 0.3) is 0 Å². The third kappa shape index (κ3) is 2.70. The number of amides is 1. The van der Waals surface area contributed by atoms with Crippen LogP contribution in [0, 0.1) is 5.92 Å². The Labute approximate surface area is 101 Å². The van der Waals surface area contributed by atoms with E-state index in [1.54, 1.807) is 30.8 Å². The monoisotopic (exact) mass is 241 g/mol. The van der Waals surface area contributed by atoms with E-state index in [9.17, 15) is 4.79 Å². The van der Waals surface area contributed by atoms with E-state index in [2.05, 4.69) is 10.3 Å². The summed E-state index contributed by atoms with van der Waals surface area (Å²) >= 11 is 1.81. The Bertz CT molecular complexity index is 312. The van der Waals surface area contributed by atoms with Gasteiger partial charge in [0, 0.05) is 19.3 Å². The maximum Gasteiger partial charge on any atom is 0.244 e. The third-order valence-corrected chi connectivity index (χ3v) is 4.28. The fourth-order valence-electron chi connectivity index (χ4n) is 1.82. The molecular formula is C11H19N3OS. The highest BCUT2D eigenvalue weighted by molar-refractivity contribution is 8.14. The van der Waals surface area contributed by atoms with Crippen molar-refractivity contribution in [3.8, 4) is 0 Å². The number of rotatable bonds is 3. The summed E-state index contributed by atoms with van der Waals surface area (Å²) in [4.78, 5) is 17.7. The summed E-state index contributed by atoms with van der Waals surface area (Å²) in [6.45, 7) is 2.80. The zero-order chi connectivity index (χ0) is 11.7. The van der Waals surface area contributed by atoms with Crippen molar-refractivity contribution < 1.29 is 4.79 Å². The van der Waals surface area contributed by atoms with Crippen molar-refractivity contribution in [2.45, 2.75) is 31.1 Å². The van der Waals surface area contributed by atoms with Crippen molar-refractivity contribution in [3.05, 3.63) is 0 Å². The maximum atomic E-state index is 11.7. The molecule has 0 radical (unpaired) electrons. The SMILES string of the molecule is CC(NC1=NCC(C2CC2)S1)C(=O)N(C)C. The fraction of sp³-hybridized carbons (Fsp3) is 0.818. The molecule has 2 atom stereocenters. The van der Waals surface area contributed by atoms with Crippen molar-refractivity contribution in [2.24, 2.45) is 10.9 Å². The van der Waals surface area contributed by atoms with E-state index >= 15 is 0 Å². The normalized spacial score (nSPS) is 26.2. The van der Waals surface area contributed by atoms with Crippen LogP contribution in [0.3, 0.4) is 0 Å². The lowest BCUT2D eigenvalue weighted by Crippen LogP contribution is -2.43. The van der Waals surface area contributed by atoms with E-state index < -0.39 is 0 Å². The second-order valence-electron chi connectivity index (χ2n) is 4.74. The van der Waals surface area contributed by atoms with Crippen LogP contribution in [0.15, 0.2) is 4.99 Å². The number of hydrogen-bond acceptors (Lipinski definition) is 4. The molecule has 90 valence electrons. The smallest absolute Gasteiger partial charge is 0.244 e. The van der Waals surface area contributed by atoms with Gasteiger partial charge in [-0.1, -0.05) is 11.8 Å². The van der Waals surface area contributed by atoms with Gasteiger partial charge in [-0.15, -0.1) is 0 Å². The van der Waals surface area contributed by atoms with Gasteiger partial charge < -0.3 is 10.2 Å². The largest absolute Gasteiger partial charge is 0.353 e. The Morgan fingerprint density at radius 2 is 2.25 bits per heavy atom. The van der Waals surface area contributed by atoms with E-state index in [0.29, 0.717) is 5.25 Å². The highest BCUT2D eigenvalue weighted by Crippen LogP contribution is 2.41. The molecule has 2 unspecified atom stereocenters. The van der Waals surface area contributed by atoms with Crippen LogP contribution in [0.1, 0.15) is 19.8 Å². The molecule has 1 fully saturated rings. The molecule has 1 saturated carbocycles. The van der Waals surface area contributed by atoms with Gasteiger partial charge in [-0.3, -0.25) is 9.79 Å². The number of hydrogen-bond donors (Lipinski definition) is 1. The van der Waals surface area contributed by atoms with Gasteiger partial charge in [0.25, 0.3) is 0 Å². The van der Waals surface area contributed by atoms with Crippen molar-refractivity contribution in [3.63, 3.8) is 0 Å². The molecule has 1 amide bonds. The molecule has 1 heterocycles. The molecule has 0 bridgehead atoms. The summed E-state index contributed by atoms with van der Waals surface area (Å²) in [5.74, 6) is 0.964. The predicted molar refractivity (Wildman–Crippen MR) is 67.7 cm³/mol. The molecular weight excluding hydrogens is 222 g/mol. The number of carbonyl (C=O) groups excluding carboxylic acids is 1.